The van der Waals surface area contributed by atoms with Crippen LogP contribution in [0.25, 0.3) is 10.8 Å². The molecule has 0 heterocycles. The lowest BCUT2D eigenvalue weighted by molar-refractivity contribution is -0.127. The lowest BCUT2D eigenvalue weighted by Gasteiger charge is -2.20. The lowest BCUT2D eigenvalue weighted by atomic mass is 10.0. The Balaban J connectivity index is 1.56. The van der Waals surface area contributed by atoms with E-state index in [0.717, 1.165) is 11.1 Å². The van der Waals surface area contributed by atoms with Gasteiger partial charge in [-0.1, -0.05) is 66.7 Å². The van der Waals surface area contributed by atoms with Gasteiger partial charge in [-0.05, 0) is 48.4 Å². The van der Waals surface area contributed by atoms with Gasteiger partial charge < -0.3 is 5.32 Å². The summed E-state index contributed by atoms with van der Waals surface area (Å²) in [4.78, 5) is 26.4. The van der Waals surface area contributed by atoms with Crippen molar-refractivity contribution in [2.24, 2.45) is 0 Å². The van der Waals surface area contributed by atoms with Crippen LogP contribution in [0.2, 0.25) is 0 Å². The van der Waals surface area contributed by atoms with E-state index in [9.17, 15) is 9.59 Å². The number of amides is 1. The molecule has 0 unspecified atom stereocenters. The van der Waals surface area contributed by atoms with Gasteiger partial charge in [-0.2, -0.15) is 0 Å². The van der Waals surface area contributed by atoms with Crippen molar-refractivity contribution in [2.75, 3.05) is 13.6 Å². The number of likely N-dealkylation sites (N-methyl/N-ethyl adjacent to an activating group) is 1. The second kappa shape index (κ2) is 9.29. The van der Waals surface area contributed by atoms with Crippen molar-refractivity contribution in [2.45, 2.75) is 25.9 Å². The van der Waals surface area contributed by atoms with E-state index in [1.54, 1.807) is 0 Å². The first-order valence-electron chi connectivity index (χ1n) is 9.51. The first-order valence-corrected chi connectivity index (χ1v) is 9.51. The minimum Gasteiger partial charge on any atom is -0.345 e. The van der Waals surface area contributed by atoms with Gasteiger partial charge in [0.05, 0.1) is 12.6 Å². The van der Waals surface area contributed by atoms with Crippen LogP contribution in [0.15, 0.2) is 72.8 Å². The van der Waals surface area contributed by atoms with Crippen molar-refractivity contribution in [3.05, 3.63) is 83.9 Å². The zero-order chi connectivity index (χ0) is 19.9. The predicted octanol–water partition coefficient (Wildman–Crippen LogP) is 3.59. The summed E-state index contributed by atoms with van der Waals surface area (Å²) in [6.07, 6.45) is 0.510. The number of fused-ring (bicyclic) bond motifs is 1. The number of hydrogen-bond donors (Lipinski definition) is 1. The molecule has 3 aromatic carbocycles. The molecule has 1 amide bonds. The number of ketones is 1. The second-order valence-electron chi connectivity index (χ2n) is 7.27. The molecule has 4 nitrogen and oxygen atoms in total. The van der Waals surface area contributed by atoms with Crippen molar-refractivity contribution in [3.8, 4) is 0 Å². The third-order valence-electron chi connectivity index (χ3n) is 4.79. The SMILES string of the molecule is CC(=O)[C@H](Cc1ccccc1)NC(=O)CN(C)Cc1ccc2ccccc2c1. The van der Waals surface area contributed by atoms with Gasteiger partial charge in [0.25, 0.3) is 0 Å². The highest BCUT2D eigenvalue weighted by molar-refractivity contribution is 5.88. The van der Waals surface area contributed by atoms with Gasteiger partial charge in [0, 0.05) is 6.54 Å². The van der Waals surface area contributed by atoms with Crippen LogP contribution in [0.5, 0.6) is 0 Å². The van der Waals surface area contributed by atoms with Crippen molar-refractivity contribution in [1.29, 1.82) is 0 Å². The monoisotopic (exact) mass is 374 g/mol. The molecule has 4 heteroatoms. The molecule has 0 fully saturated rings. The fourth-order valence-corrected chi connectivity index (χ4v) is 3.34. The fraction of sp³-hybridized carbons (Fsp3) is 0.250. The summed E-state index contributed by atoms with van der Waals surface area (Å²) in [5.41, 5.74) is 2.19. The van der Waals surface area contributed by atoms with Crippen LogP contribution >= 0.6 is 0 Å². The summed E-state index contributed by atoms with van der Waals surface area (Å²) < 4.78 is 0. The molecule has 3 rings (SSSR count). The Kier molecular flexibility index (Phi) is 6.56. The van der Waals surface area contributed by atoms with Gasteiger partial charge in [0.2, 0.25) is 5.91 Å². The van der Waals surface area contributed by atoms with Crippen LogP contribution in [0, 0.1) is 0 Å². The number of nitrogens with one attached hydrogen (secondary N) is 1. The van der Waals surface area contributed by atoms with E-state index in [1.807, 2.05) is 54.4 Å². The molecule has 1 atom stereocenters. The van der Waals surface area contributed by atoms with Gasteiger partial charge in [0.1, 0.15) is 0 Å². The van der Waals surface area contributed by atoms with Crippen LogP contribution in [-0.4, -0.2) is 36.2 Å². The minimum atomic E-state index is -0.496. The number of carbonyl (C=O) groups is 2. The number of Topliss-reactive ketones (excluding diaryl/α,β-unsaturated/α-hetero) is 1. The van der Waals surface area contributed by atoms with Crippen LogP contribution in [-0.2, 0) is 22.6 Å². The predicted molar refractivity (Wildman–Crippen MR) is 113 cm³/mol. The molecule has 0 radical (unpaired) electrons. The minimum absolute atomic E-state index is 0.0330. The summed E-state index contributed by atoms with van der Waals surface area (Å²) in [5, 5.41) is 5.28. The first kappa shape index (κ1) is 19.8. The maximum absolute atomic E-state index is 12.5. The molecular weight excluding hydrogens is 348 g/mol. The van der Waals surface area contributed by atoms with E-state index >= 15 is 0 Å². The van der Waals surface area contributed by atoms with E-state index in [-0.39, 0.29) is 18.2 Å². The zero-order valence-corrected chi connectivity index (χ0v) is 16.4. The summed E-state index contributed by atoms with van der Waals surface area (Å²) >= 11 is 0. The molecule has 0 aliphatic rings. The largest absolute Gasteiger partial charge is 0.345 e. The van der Waals surface area contributed by atoms with Crippen molar-refractivity contribution in [3.63, 3.8) is 0 Å². The highest BCUT2D eigenvalue weighted by Crippen LogP contribution is 2.16. The van der Waals surface area contributed by atoms with Crippen LogP contribution in [0.4, 0.5) is 0 Å². The topological polar surface area (TPSA) is 49.4 Å². The fourth-order valence-electron chi connectivity index (χ4n) is 3.34. The molecule has 0 aliphatic carbocycles. The third-order valence-corrected chi connectivity index (χ3v) is 4.79. The number of benzene rings is 3. The zero-order valence-electron chi connectivity index (χ0n) is 16.4. The van der Waals surface area contributed by atoms with Crippen LogP contribution in [0.1, 0.15) is 18.1 Å². The van der Waals surface area contributed by atoms with E-state index in [1.165, 1.54) is 17.7 Å². The summed E-state index contributed by atoms with van der Waals surface area (Å²) in [7, 11) is 1.91. The molecule has 0 saturated carbocycles. The summed E-state index contributed by atoms with van der Waals surface area (Å²) in [6.45, 7) is 2.43. The molecule has 144 valence electrons. The Morgan fingerprint density at radius 2 is 1.57 bits per heavy atom. The van der Waals surface area contributed by atoms with Crippen LogP contribution < -0.4 is 5.32 Å². The molecule has 0 aliphatic heterocycles. The van der Waals surface area contributed by atoms with Crippen LogP contribution in [0.3, 0.4) is 0 Å². The normalized spacial score (nSPS) is 12.1. The Labute approximate surface area is 166 Å². The van der Waals surface area contributed by atoms with Gasteiger partial charge in [-0.3, -0.25) is 14.5 Å². The smallest absolute Gasteiger partial charge is 0.234 e. The molecule has 28 heavy (non-hydrogen) atoms. The molecule has 1 N–H and O–H groups in total. The molecule has 0 aromatic heterocycles. The highest BCUT2D eigenvalue weighted by atomic mass is 16.2. The number of nitrogens with zero attached hydrogens (tertiary/aromatic N) is 1. The summed E-state index contributed by atoms with van der Waals surface area (Å²) in [5.74, 6) is -0.172. The molecule has 0 bridgehead atoms. The Morgan fingerprint density at radius 1 is 0.893 bits per heavy atom. The maximum Gasteiger partial charge on any atom is 0.234 e. The van der Waals surface area contributed by atoms with Gasteiger partial charge in [0.15, 0.2) is 5.78 Å². The van der Waals surface area contributed by atoms with Crippen molar-refractivity contribution in [1.82, 2.24) is 10.2 Å². The van der Waals surface area contributed by atoms with Crippen molar-refractivity contribution >= 4 is 22.5 Å². The second-order valence-corrected chi connectivity index (χ2v) is 7.27. The quantitative estimate of drug-likeness (QED) is 0.656. The first-order chi connectivity index (χ1) is 13.5. The van der Waals surface area contributed by atoms with Gasteiger partial charge >= 0.3 is 0 Å². The number of hydrogen-bond acceptors (Lipinski definition) is 3. The highest BCUT2D eigenvalue weighted by Gasteiger charge is 2.18. The Morgan fingerprint density at radius 3 is 2.29 bits per heavy atom. The molecule has 0 saturated heterocycles. The molecular formula is C24H26N2O2. The number of carbonyl (C=O) groups excluding carboxylic acids is 2. The third kappa shape index (κ3) is 5.51. The van der Waals surface area contributed by atoms with E-state index in [0.29, 0.717) is 13.0 Å². The van der Waals surface area contributed by atoms with E-state index < -0.39 is 6.04 Å². The average Bonchev–Trinajstić information content (AvgIpc) is 2.68. The van der Waals surface area contributed by atoms with E-state index in [4.69, 9.17) is 0 Å². The Hall–Kier alpha value is -2.98. The van der Waals surface area contributed by atoms with Gasteiger partial charge in [-0.25, -0.2) is 0 Å². The lowest BCUT2D eigenvalue weighted by Crippen LogP contribution is -2.45. The van der Waals surface area contributed by atoms with Gasteiger partial charge in [-0.15, -0.1) is 0 Å². The standard InChI is InChI=1S/C24H26N2O2/c1-18(27)23(15-19-8-4-3-5-9-19)25-24(28)17-26(2)16-20-12-13-21-10-6-7-11-22(21)14-20/h3-14,23H,15-17H2,1-2H3,(H,25,28)/t23-/m0/s1. The van der Waals surface area contributed by atoms with Crippen molar-refractivity contribution < 1.29 is 9.59 Å². The number of rotatable bonds is 8. The Bertz CT molecular complexity index is 953. The van der Waals surface area contributed by atoms with E-state index in [2.05, 4.69) is 35.6 Å². The summed E-state index contributed by atoms with van der Waals surface area (Å²) in [6, 6.07) is 23.8. The molecule has 0 spiro atoms. The molecule has 3 aromatic rings. The maximum atomic E-state index is 12.5. The average molecular weight is 374 g/mol.